The summed E-state index contributed by atoms with van der Waals surface area (Å²) in [7, 11) is 6.95. The zero-order chi connectivity index (χ0) is 18.3. The van der Waals surface area contributed by atoms with Gasteiger partial charge in [-0.15, -0.1) is 0 Å². The summed E-state index contributed by atoms with van der Waals surface area (Å²) in [4.78, 5) is 5.17. The maximum Gasteiger partial charge on any atom is 0.0127 e. The van der Waals surface area contributed by atoms with Crippen molar-refractivity contribution in [3.8, 4) is 0 Å². The highest BCUT2D eigenvalue weighted by Gasteiger charge is 2.63. The average Bonchev–Trinajstić information content (AvgIpc) is 3.08. The van der Waals surface area contributed by atoms with Crippen LogP contribution < -0.4 is 0 Å². The largest absolute Gasteiger partial charge is 0.306 e. The summed E-state index contributed by atoms with van der Waals surface area (Å²) in [6, 6.07) is 1.60. The Morgan fingerprint density at radius 3 is 2.58 bits per heavy atom. The normalized spacial score (nSPS) is 53.7. The van der Waals surface area contributed by atoms with Gasteiger partial charge in [0.25, 0.3) is 0 Å². The lowest BCUT2D eigenvalue weighted by Crippen LogP contribution is -2.52. The van der Waals surface area contributed by atoms with Crippen molar-refractivity contribution >= 4 is 0 Å². The SMILES string of the molecule is C[C@H]1[C@H]2CC[C@H]3[C@H]4CC=C5C[C@@H](N(C)C)CC[C@]5(C)[C@H]4CC[C@]23CN1C. The molecule has 2 heteroatoms. The second kappa shape index (κ2) is 5.83. The van der Waals surface area contributed by atoms with Gasteiger partial charge in [-0.3, -0.25) is 0 Å². The molecule has 0 aromatic carbocycles. The number of likely N-dealkylation sites (tertiary alicyclic amines) is 1. The molecular weight excluding hydrogens is 316 g/mol. The molecule has 4 fully saturated rings. The van der Waals surface area contributed by atoms with E-state index in [9.17, 15) is 0 Å². The molecule has 3 saturated carbocycles. The van der Waals surface area contributed by atoms with Crippen LogP contribution in [0.4, 0.5) is 0 Å². The van der Waals surface area contributed by atoms with Crippen LogP contribution in [0, 0.1) is 34.5 Å². The zero-order valence-electron chi connectivity index (χ0n) is 17.8. The van der Waals surface area contributed by atoms with Crippen LogP contribution in [0.3, 0.4) is 0 Å². The predicted molar refractivity (Wildman–Crippen MR) is 109 cm³/mol. The Labute approximate surface area is 161 Å². The number of allylic oxidation sites excluding steroid dienone is 1. The molecule has 26 heavy (non-hydrogen) atoms. The van der Waals surface area contributed by atoms with Crippen molar-refractivity contribution in [3.05, 3.63) is 11.6 Å². The summed E-state index contributed by atoms with van der Waals surface area (Å²) in [6.07, 6.45) is 14.4. The third-order valence-electron chi connectivity index (χ3n) is 10.4. The van der Waals surface area contributed by atoms with Gasteiger partial charge in [-0.1, -0.05) is 18.6 Å². The highest BCUT2D eigenvalue weighted by Crippen LogP contribution is 2.68. The topological polar surface area (TPSA) is 6.48 Å². The molecule has 0 aromatic heterocycles. The fraction of sp³-hybridized carbons (Fsp3) is 0.917. The smallest absolute Gasteiger partial charge is 0.0127 e. The fourth-order valence-electron chi connectivity index (χ4n) is 8.88. The Hall–Kier alpha value is -0.340. The van der Waals surface area contributed by atoms with Gasteiger partial charge in [-0.05, 0) is 114 Å². The molecule has 0 N–H and O–H groups in total. The van der Waals surface area contributed by atoms with Gasteiger partial charge in [-0.2, -0.15) is 0 Å². The third kappa shape index (κ3) is 2.18. The van der Waals surface area contributed by atoms with E-state index in [1.807, 2.05) is 5.57 Å². The quantitative estimate of drug-likeness (QED) is 0.622. The van der Waals surface area contributed by atoms with Crippen molar-refractivity contribution in [2.45, 2.75) is 77.3 Å². The van der Waals surface area contributed by atoms with Crippen LogP contribution in [0.5, 0.6) is 0 Å². The molecule has 1 aliphatic heterocycles. The van der Waals surface area contributed by atoms with E-state index in [2.05, 4.69) is 50.9 Å². The van der Waals surface area contributed by atoms with E-state index < -0.39 is 0 Å². The van der Waals surface area contributed by atoms with Crippen molar-refractivity contribution in [3.63, 3.8) is 0 Å². The van der Waals surface area contributed by atoms with Gasteiger partial charge in [0.2, 0.25) is 0 Å². The first-order valence-corrected chi connectivity index (χ1v) is 11.4. The first-order valence-electron chi connectivity index (χ1n) is 11.4. The fourth-order valence-corrected chi connectivity index (χ4v) is 8.88. The monoisotopic (exact) mass is 356 g/mol. The lowest BCUT2D eigenvalue weighted by molar-refractivity contribution is -0.0430. The first-order chi connectivity index (χ1) is 12.4. The number of nitrogens with zero attached hydrogens (tertiary/aromatic N) is 2. The summed E-state index contributed by atoms with van der Waals surface area (Å²) in [5.74, 6) is 3.96. The van der Waals surface area contributed by atoms with E-state index in [0.29, 0.717) is 10.8 Å². The van der Waals surface area contributed by atoms with E-state index in [0.717, 1.165) is 35.8 Å². The van der Waals surface area contributed by atoms with Crippen LogP contribution in [-0.2, 0) is 0 Å². The van der Waals surface area contributed by atoms with Crippen molar-refractivity contribution in [2.24, 2.45) is 34.5 Å². The average molecular weight is 357 g/mol. The molecule has 5 rings (SSSR count). The van der Waals surface area contributed by atoms with Gasteiger partial charge in [0.15, 0.2) is 0 Å². The molecule has 0 aromatic rings. The van der Waals surface area contributed by atoms with Gasteiger partial charge < -0.3 is 9.80 Å². The molecule has 1 heterocycles. The van der Waals surface area contributed by atoms with Crippen LogP contribution in [0.1, 0.15) is 65.2 Å². The number of hydrogen-bond donors (Lipinski definition) is 0. The van der Waals surface area contributed by atoms with E-state index in [1.165, 1.54) is 57.9 Å². The number of hydrogen-bond acceptors (Lipinski definition) is 2. The second-order valence-electron chi connectivity index (χ2n) is 11.2. The first kappa shape index (κ1) is 17.7. The molecule has 0 amide bonds. The highest BCUT2D eigenvalue weighted by atomic mass is 15.2. The molecule has 5 aliphatic rings. The van der Waals surface area contributed by atoms with Crippen molar-refractivity contribution in [1.29, 1.82) is 0 Å². The molecule has 1 spiro atoms. The van der Waals surface area contributed by atoms with Crippen LogP contribution >= 0.6 is 0 Å². The molecular formula is C24H40N2. The van der Waals surface area contributed by atoms with E-state index in [-0.39, 0.29) is 0 Å². The Morgan fingerprint density at radius 2 is 1.81 bits per heavy atom. The maximum atomic E-state index is 2.74. The minimum Gasteiger partial charge on any atom is -0.306 e. The maximum absolute atomic E-state index is 2.74. The van der Waals surface area contributed by atoms with Crippen molar-refractivity contribution < 1.29 is 0 Å². The summed E-state index contributed by atoms with van der Waals surface area (Å²) in [5.41, 5.74) is 3.04. The van der Waals surface area contributed by atoms with Crippen LogP contribution in [0.15, 0.2) is 11.6 Å². The van der Waals surface area contributed by atoms with E-state index in [1.54, 1.807) is 0 Å². The predicted octanol–water partition coefficient (Wildman–Crippen LogP) is 4.81. The van der Waals surface area contributed by atoms with Crippen LogP contribution in [-0.4, -0.2) is 49.6 Å². The van der Waals surface area contributed by atoms with Crippen molar-refractivity contribution in [1.82, 2.24) is 9.80 Å². The Bertz CT molecular complexity index is 609. The summed E-state index contributed by atoms with van der Waals surface area (Å²) in [6.45, 7) is 6.56. The van der Waals surface area contributed by atoms with Gasteiger partial charge in [0, 0.05) is 18.6 Å². The standard InChI is InChI=1S/C24H40N2/c1-16-20-8-9-22-19-7-6-17-14-18(25(3)4)10-12-23(17,2)21(19)11-13-24(20,22)15-26(16)5/h6,16,18-22H,7-15H2,1-5H3/t16-,18-,19-,20+,21-,22-,23-,24-/m0/s1. The summed E-state index contributed by atoms with van der Waals surface area (Å²) < 4.78 is 0. The van der Waals surface area contributed by atoms with Crippen LogP contribution in [0.25, 0.3) is 0 Å². The number of rotatable bonds is 1. The molecule has 1 saturated heterocycles. The van der Waals surface area contributed by atoms with Gasteiger partial charge in [0.1, 0.15) is 0 Å². The lowest BCUT2D eigenvalue weighted by atomic mass is 9.47. The molecule has 146 valence electrons. The molecule has 0 radical (unpaired) electrons. The zero-order valence-corrected chi connectivity index (χ0v) is 17.8. The highest BCUT2D eigenvalue weighted by molar-refractivity contribution is 5.26. The van der Waals surface area contributed by atoms with E-state index in [4.69, 9.17) is 0 Å². The molecule has 4 aliphatic carbocycles. The minimum absolute atomic E-state index is 0.519. The van der Waals surface area contributed by atoms with Crippen LogP contribution in [0.2, 0.25) is 0 Å². The summed E-state index contributed by atoms with van der Waals surface area (Å²) in [5, 5.41) is 0. The van der Waals surface area contributed by atoms with E-state index >= 15 is 0 Å². The molecule has 0 unspecified atom stereocenters. The second-order valence-corrected chi connectivity index (χ2v) is 11.2. The Kier molecular flexibility index (Phi) is 3.98. The number of fused-ring (bicyclic) bond motifs is 4. The van der Waals surface area contributed by atoms with Crippen molar-refractivity contribution in [2.75, 3.05) is 27.7 Å². The van der Waals surface area contributed by atoms with Gasteiger partial charge in [0.05, 0.1) is 0 Å². The molecule has 8 atom stereocenters. The van der Waals surface area contributed by atoms with Gasteiger partial charge >= 0.3 is 0 Å². The lowest BCUT2D eigenvalue weighted by Gasteiger charge is -2.58. The minimum atomic E-state index is 0.519. The molecule has 0 bridgehead atoms. The third-order valence-corrected chi connectivity index (χ3v) is 10.4. The molecule has 2 nitrogen and oxygen atoms in total. The summed E-state index contributed by atoms with van der Waals surface area (Å²) >= 11 is 0. The Balaban J connectivity index is 1.45. The Morgan fingerprint density at radius 1 is 1.04 bits per heavy atom. The van der Waals surface area contributed by atoms with Gasteiger partial charge in [-0.25, -0.2) is 0 Å².